The Morgan fingerprint density at radius 3 is 2.20 bits per heavy atom. The van der Waals surface area contributed by atoms with Gasteiger partial charge in [0.1, 0.15) is 5.82 Å². The topological polar surface area (TPSA) is 40.5 Å². The van der Waals surface area contributed by atoms with Gasteiger partial charge < -0.3 is 10.0 Å². The molecule has 0 amide bonds. The first-order chi connectivity index (χ1) is 9.61. The van der Waals surface area contributed by atoms with Crippen molar-refractivity contribution >= 4 is 12.6 Å². The molecule has 2 rings (SSSR count). The predicted octanol–water partition coefficient (Wildman–Crippen LogP) is 2.52. The van der Waals surface area contributed by atoms with Crippen molar-refractivity contribution in [3.05, 3.63) is 53.8 Å². The second kappa shape index (κ2) is 6.68. The van der Waals surface area contributed by atoms with Gasteiger partial charge in [0.2, 0.25) is 0 Å². The Bertz CT molecular complexity index is 567. The summed E-state index contributed by atoms with van der Waals surface area (Å²) in [4.78, 5) is 0. The van der Waals surface area contributed by atoms with E-state index in [0.717, 1.165) is 30.4 Å². The molecule has 0 aliphatic carbocycles. The molecule has 0 saturated carbocycles. The zero-order valence-corrected chi connectivity index (χ0v) is 11.5. The summed E-state index contributed by atoms with van der Waals surface area (Å²) < 4.78 is 13.7. The summed E-state index contributed by atoms with van der Waals surface area (Å²) in [6.45, 7) is 2.16. The summed E-state index contributed by atoms with van der Waals surface area (Å²) in [5.41, 5.74) is 2.82. The van der Waals surface area contributed by atoms with Crippen molar-refractivity contribution in [2.24, 2.45) is 0 Å². The molecule has 0 fully saturated rings. The largest absolute Gasteiger partial charge is 0.491 e. The number of benzene rings is 2. The van der Waals surface area contributed by atoms with E-state index in [1.54, 1.807) is 6.07 Å². The van der Waals surface area contributed by atoms with Crippen molar-refractivity contribution in [2.75, 3.05) is 0 Å². The Balaban J connectivity index is 2.21. The number of aryl methyl sites for hydroxylation is 1. The number of hydrogen-bond acceptors (Lipinski definition) is 2. The van der Waals surface area contributed by atoms with Crippen LogP contribution < -0.4 is 5.46 Å². The Kier molecular flexibility index (Phi) is 4.93. The van der Waals surface area contributed by atoms with Crippen LogP contribution in [0.4, 0.5) is 4.39 Å². The first kappa shape index (κ1) is 14.8. The predicted molar refractivity (Wildman–Crippen MR) is 80.3 cm³/mol. The zero-order chi connectivity index (χ0) is 14.5. The van der Waals surface area contributed by atoms with Crippen LogP contribution in [0.15, 0.2) is 42.5 Å². The molecule has 20 heavy (non-hydrogen) atoms. The van der Waals surface area contributed by atoms with E-state index in [-0.39, 0.29) is 5.46 Å². The lowest BCUT2D eigenvalue weighted by atomic mass is 9.79. The molecule has 2 nitrogen and oxygen atoms in total. The monoisotopic (exact) mass is 272 g/mol. The van der Waals surface area contributed by atoms with Gasteiger partial charge in [-0.2, -0.15) is 0 Å². The van der Waals surface area contributed by atoms with E-state index >= 15 is 0 Å². The van der Waals surface area contributed by atoms with Gasteiger partial charge in [0.05, 0.1) is 0 Å². The fraction of sp³-hybridized carbons (Fsp3) is 0.250. The highest BCUT2D eigenvalue weighted by Crippen LogP contribution is 2.20. The fourth-order valence-corrected chi connectivity index (χ4v) is 2.16. The Hall–Kier alpha value is -1.65. The highest BCUT2D eigenvalue weighted by molar-refractivity contribution is 6.58. The van der Waals surface area contributed by atoms with Crippen molar-refractivity contribution in [3.8, 4) is 11.1 Å². The molecule has 0 aliphatic heterocycles. The molecule has 0 bridgehead atoms. The minimum absolute atomic E-state index is 0.103. The van der Waals surface area contributed by atoms with Crippen LogP contribution in [0.5, 0.6) is 0 Å². The average molecular weight is 272 g/mol. The average Bonchev–Trinajstić information content (AvgIpc) is 2.45. The van der Waals surface area contributed by atoms with Crippen LogP contribution in [0.2, 0.25) is 0 Å². The van der Waals surface area contributed by atoms with Gasteiger partial charge in [0, 0.05) is 5.46 Å². The number of rotatable bonds is 5. The molecule has 2 aromatic rings. The highest BCUT2D eigenvalue weighted by Gasteiger charge is 2.16. The molecule has 0 saturated heterocycles. The second-order valence-corrected chi connectivity index (χ2v) is 4.91. The van der Waals surface area contributed by atoms with Gasteiger partial charge in [-0.1, -0.05) is 49.7 Å². The van der Waals surface area contributed by atoms with E-state index in [1.165, 1.54) is 17.7 Å². The van der Waals surface area contributed by atoms with Gasteiger partial charge in [-0.3, -0.25) is 0 Å². The lowest BCUT2D eigenvalue weighted by Crippen LogP contribution is -2.32. The Morgan fingerprint density at radius 2 is 1.65 bits per heavy atom. The van der Waals surface area contributed by atoms with Gasteiger partial charge in [-0.25, -0.2) is 4.39 Å². The zero-order valence-electron chi connectivity index (χ0n) is 11.5. The molecule has 4 heteroatoms. The fourth-order valence-electron chi connectivity index (χ4n) is 2.16. The quantitative estimate of drug-likeness (QED) is 0.821. The van der Waals surface area contributed by atoms with Crippen LogP contribution in [-0.4, -0.2) is 17.2 Å². The van der Waals surface area contributed by atoms with Crippen molar-refractivity contribution in [2.45, 2.75) is 26.2 Å². The molecule has 0 heterocycles. The van der Waals surface area contributed by atoms with Crippen molar-refractivity contribution in [3.63, 3.8) is 0 Å². The van der Waals surface area contributed by atoms with E-state index in [4.69, 9.17) is 10.0 Å². The second-order valence-electron chi connectivity index (χ2n) is 4.91. The molecule has 0 aliphatic rings. The lowest BCUT2D eigenvalue weighted by molar-refractivity contribution is 0.423. The summed E-state index contributed by atoms with van der Waals surface area (Å²) in [5, 5.41) is 18.0. The minimum Gasteiger partial charge on any atom is -0.423 e. The summed E-state index contributed by atoms with van der Waals surface area (Å²) in [7, 11) is -1.78. The smallest absolute Gasteiger partial charge is 0.423 e. The van der Waals surface area contributed by atoms with E-state index in [1.807, 2.05) is 12.1 Å². The maximum Gasteiger partial charge on any atom is 0.491 e. The minimum atomic E-state index is -1.78. The van der Waals surface area contributed by atoms with Crippen molar-refractivity contribution in [1.29, 1.82) is 0 Å². The number of halogens is 1. The maximum atomic E-state index is 13.7. The summed E-state index contributed by atoms with van der Waals surface area (Å²) in [6.07, 6.45) is 3.38. The Labute approximate surface area is 119 Å². The van der Waals surface area contributed by atoms with E-state index in [0.29, 0.717) is 0 Å². The third-order valence-electron chi connectivity index (χ3n) is 3.38. The third-order valence-corrected chi connectivity index (χ3v) is 3.38. The summed E-state index contributed by atoms with van der Waals surface area (Å²) in [6, 6.07) is 12.5. The number of unbranched alkanes of at least 4 members (excludes halogenated alkanes) is 1. The molecule has 0 aromatic heterocycles. The molecule has 0 spiro atoms. The number of hydrogen-bond donors (Lipinski definition) is 2. The van der Waals surface area contributed by atoms with Crippen LogP contribution in [-0.2, 0) is 6.42 Å². The van der Waals surface area contributed by atoms with Crippen LogP contribution in [0.1, 0.15) is 25.3 Å². The van der Waals surface area contributed by atoms with Crippen molar-refractivity contribution < 1.29 is 14.4 Å². The maximum absolute atomic E-state index is 13.7. The van der Waals surface area contributed by atoms with E-state index in [2.05, 4.69) is 19.1 Å². The molecular formula is C16H18BFO2. The molecule has 2 aromatic carbocycles. The standard InChI is InChI=1S/C16H18BFO2/c1-2-3-4-12-5-7-13(8-6-12)14-9-10-15(17(19)20)16(18)11-14/h5-11,19-20H,2-4H2,1H3. The SMILES string of the molecule is CCCCc1ccc(-c2ccc(B(O)O)c(F)c2)cc1. The highest BCUT2D eigenvalue weighted by atomic mass is 19.1. The van der Waals surface area contributed by atoms with Gasteiger partial charge in [-0.05, 0) is 35.6 Å². The summed E-state index contributed by atoms with van der Waals surface area (Å²) >= 11 is 0. The van der Waals surface area contributed by atoms with Gasteiger partial charge in [-0.15, -0.1) is 0 Å². The van der Waals surface area contributed by atoms with Crippen molar-refractivity contribution in [1.82, 2.24) is 0 Å². The molecular weight excluding hydrogens is 254 g/mol. The van der Waals surface area contributed by atoms with Crippen LogP contribution in [0.25, 0.3) is 11.1 Å². The molecule has 0 unspecified atom stereocenters. The summed E-state index contributed by atoms with van der Waals surface area (Å²) in [5.74, 6) is -0.604. The van der Waals surface area contributed by atoms with Crippen LogP contribution in [0.3, 0.4) is 0 Å². The first-order valence-corrected chi connectivity index (χ1v) is 6.86. The molecule has 0 radical (unpaired) electrons. The van der Waals surface area contributed by atoms with Gasteiger partial charge >= 0.3 is 7.12 Å². The van der Waals surface area contributed by atoms with Crippen LogP contribution >= 0.6 is 0 Å². The van der Waals surface area contributed by atoms with Gasteiger partial charge in [0.15, 0.2) is 0 Å². The first-order valence-electron chi connectivity index (χ1n) is 6.86. The third kappa shape index (κ3) is 3.47. The molecule has 104 valence electrons. The Morgan fingerprint density at radius 1 is 1.00 bits per heavy atom. The van der Waals surface area contributed by atoms with E-state index in [9.17, 15) is 4.39 Å². The molecule has 0 atom stereocenters. The van der Waals surface area contributed by atoms with Gasteiger partial charge in [0.25, 0.3) is 0 Å². The molecule has 2 N–H and O–H groups in total. The lowest BCUT2D eigenvalue weighted by Gasteiger charge is -2.07. The normalized spacial score (nSPS) is 10.6. The van der Waals surface area contributed by atoms with E-state index < -0.39 is 12.9 Å². The van der Waals surface area contributed by atoms with Crippen LogP contribution in [0, 0.1) is 5.82 Å².